The smallest absolute Gasteiger partial charge is 0.257 e. The molecule has 0 radical (unpaired) electrons. The number of rotatable bonds is 2. The fraction of sp³-hybridized carbons (Fsp3) is 0.176. The summed E-state index contributed by atoms with van der Waals surface area (Å²) in [5.74, 6) is 1.10. The van der Waals surface area contributed by atoms with E-state index in [0.29, 0.717) is 28.2 Å². The molecule has 1 aliphatic rings. The van der Waals surface area contributed by atoms with Crippen molar-refractivity contribution < 1.29 is 14.6 Å². The van der Waals surface area contributed by atoms with Crippen LogP contribution in [0, 0.1) is 13.8 Å². The number of aryl methyl sites for hydroxylation is 1. The van der Waals surface area contributed by atoms with Crippen molar-refractivity contribution in [2.24, 2.45) is 0 Å². The Hall–Kier alpha value is -2.82. The normalized spacial score (nSPS) is 14.9. The number of aromatic nitrogens is 1. The van der Waals surface area contributed by atoms with Gasteiger partial charge in [0.05, 0.1) is 18.4 Å². The van der Waals surface area contributed by atoms with Gasteiger partial charge in [-0.3, -0.25) is 4.79 Å². The van der Waals surface area contributed by atoms with Gasteiger partial charge in [-0.2, -0.15) is 0 Å². The van der Waals surface area contributed by atoms with E-state index in [9.17, 15) is 9.90 Å². The fourth-order valence-electron chi connectivity index (χ4n) is 2.59. The Labute approximate surface area is 128 Å². The van der Waals surface area contributed by atoms with E-state index < -0.39 is 0 Å². The maximum atomic E-state index is 12.2. The van der Waals surface area contributed by atoms with Gasteiger partial charge in [-0.15, -0.1) is 0 Å². The highest BCUT2D eigenvalue weighted by atomic mass is 16.5. The molecule has 5 heteroatoms. The van der Waals surface area contributed by atoms with Gasteiger partial charge in [0.25, 0.3) is 5.91 Å². The predicted molar refractivity (Wildman–Crippen MR) is 84.9 cm³/mol. The molecule has 2 N–H and O–H groups in total. The summed E-state index contributed by atoms with van der Waals surface area (Å²) in [6, 6.07) is 7.43. The van der Waals surface area contributed by atoms with Gasteiger partial charge < -0.3 is 15.2 Å². The van der Waals surface area contributed by atoms with Crippen molar-refractivity contribution in [1.29, 1.82) is 0 Å². The van der Waals surface area contributed by atoms with Crippen molar-refractivity contribution in [1.82, 2.24) is 4.98 Å². The largest absolute Gasteiger partial charge is 0.506 e. The Balaban J connectivity index is 2.16. The highest BCUT2D eigenvalue weighted by Gasteiger charge is 2.29. The predicted octanol–water partition coefficient (Wildman–Crippen LogP) is 2.91. The zero-order valence-electron chi connectivity index (χ0n) is 12.6. The third-order valence-corrected chi connectivity index (χ3v) is 3.74. The van der Waals surface area contributed by atoms with Crippen LogP contribution in [0.3, 0.4) is 0 Å². The number of aromatic hydroxyl groups is 1. The van der Waals surface area contributed by atoms with Crippen LogP contribution >= 0.6 is 0 Å². The minimum Gasteiger partial charge on any atom is -0.506 e. The van der Waals surface area contributed by atoms with Crippen molar-refractivity contribution in [3.05, 3.63) is 46.6 Å². The van der Waals surface area contributed by atoms with Crippen LogP contribution in [0.5, 0.6) is 11.5 Å². The molecule has 0 saturated carbocycles. The third-order valence-electron chi connectivity index (χ3n) is 3.74. The lowest BCUT2D eigenvalue weighted by Crippen LogP contribution is -2.04. The van der Waals surface area contributed by atoms with Gasteiger partial charge in [0.15, 0.2) is 0 Å². The number of anilines is 1. The zero-order valence-corrected chi connectivity index (χ0v) is 12.6. The Morgan fingerprint density at radius 2 is 2.09 bits per heavy atom. The molecular formula is C17H16N2O3. The van der Waals surface area contributed by atoms with Gasteiger partial charge in [0.2, 0.25) is 0 Å². The molecule has 0 fully saturated rings. The summed E-state index contributed by atoms with van der Waals surface area (Å²) in [6.45, 7) is 3.49. The van der Waals surface area contributed by atoms with Crippen LogP contribution < -0.4 is 10.1 Å². The number of methoxy groups -OCH3 is 1. The molecule has 1 aromatic heterocycles. The monoisotopic (exact) mass is 296 g/mol. The van der Waals surface area contributed by atoms with Gasteiger partial charge in [-0.1, -0.05) is 12.1 Å². The molecule has 0 unspecified atom stereocenters. The third kappa shape index (κ3) is 2.20. The molecule has 112 valence electrons. The van der Waals surface area contributed by atoms with Crippen LogP contribution in [0.1, 0.15) is 22.4 Å². The number of carbonyl (C=O) groups is 1. The van der Waals surface area contributed by atoms with Gasteiger partial charge in [0.1, 0.15) is 17.3 Å². The molecule has 5 nitrogen and oxygen atoms in total. The average molecular weight is 296 g/mol. The fourth-order valence-corrected chi connectivity index (χ4v) is 2.59. The Morgan fingerprint density at radius 3 is 2.82 bits per heavy atom. The number of fused-ring (bicyclic) bond motifs is 1. The maximum Gasteiger partial charge on any atom is 0.257 e. The second-order valence-corrected chi connectivity index (χ2v) is 5.18. The van der Waals surface area contributed by atoms with Crippen LogP contribution in [-0.2, 0) is 4.79 Å². The lowest BCUT2D eigenvalue weighted by Gasteiger charge is -2.08. The number of nitrogens with one attached hydrogen (secondary N) is 1. The number of nitrogens with zero attached hydrogens (tertiary/aromatic N) is 1. The summed E-state index contributed by atoms with van der Waals surface area (Å²) >= 11 is 0. The Morgan fingerprint density at radius 1 is 1.32 bits per heavy atom. The molecule has 2 aromatic rings. The molecule has 0 atom stereocenters. The molecular weight excluding hydrogens is 280 g/mol. The summed E-state index contributed by atoms with van der Waals surface area (Å²) in [4.78, 5) is 16.5. The van der Waals surface area contributed by atoms with E-state index in [1.54, 1.807) is 27.0 Å². The SMILES string of the molecule is COc1cccc(C=C2C(=O)Nc3nc(C)c(O)c(C)c32)c1. The van der Waals surface area contributed by atoms with Crippen molar-refractivity contribution in [2.45, 2.75) is 13.8 Å². The standard InChI is InChI=1S/C17H16N2O3/c1-9-14-13(8-11-5-4-6-12(7-11)22-3)17(21)19-16(14)18-10(2)15(9)20/h4-8,20H,1-3H3,(H,18,19,21). The highest BCUT2D eigenvalue weighted by molar-refractivity contribution is 6.35. The van der Waals surface area contributed by atoms with Gasteiger partial charge in [-0.05, 0) is 37.6 Å². The molecule has 1 aromatic carbocycles. The molecule has 0 saturated heterocycles. The number of ether oxygens (including phenoxy) is 1. The molecule has 1 amide bonds. The summed E-state index contributed by atoms with van der Waals surface area (Å²) in [6.07, 6.45) is 1.77. The van der Waals surface area contributed by atoms with E-state index in [4.69, 9.17) is 4.74 Å². The van der Waals surface area contributed by atoms with Gasteiger partial charge in [-0.25, -0.2) is 4.98 Å². The summed E-state index contributed by atoms with van der Waals surface area (Å²) in [5.41, 5.74) is 3.13. The lowest BCUT2D eigenvalue weighted by atomic mass is 10.00. The zero-order chi connectivity index (χ0) is 15.9. The second-order valence-electron chi connectivity index (χ2n) is 5.18. The van der Waals surface area contributed by atoms with Crippen molar-refractivity contribution in [3.63, 3.8) is 0 Å². The number of carbonyl (C=O) groups excluding carboxylic acids is 1. The Kier molecular flexibility index (Phi) is 3.33. The number of benzene rings is 1. The van der Waals surface area contributed by atoms with E-state index >= 15 is 0 Å². The van der Waals surface area contributed by atoms with Crippen LogP contribution in [0.4, 0.5) is 5.82 Å². The van der Waals surface area contributed by atoms with Gasteiger partial charge in [0, 0.05) is 11.1 Å². The second kappa shape index (κ2) is 5.18. The van der Waals surface area contributed by atoms with Crippen LogP contribution in [0.2, 0.25) is 0 Å². The quantitative estimate of drug-likeness (QED) is 0.836. The topological polar surface area (TPSA) is 71.5 Å². The molecule has 0 aliphatic carbocycles. The summed E-state index contributed by atoms with van der Waals surface area (Å²) in [7, 11) is 1.60. The molecule has 3 rings (SSSR count). The first-order valence-corrected chi connectivity index (χ1v) is 6.89. The molecule has 22 heavy (non-hydrogen) atoms. The first kappa shape index (κ1) is 14.1. The highest BCUT2D eigenvalue weighted by Crippen LogP contribution is 2.39. The lowest BCUT2D eigenvalue weighted by molar-refractivity contribution is -0.110. The van der Waals surface area contributed by atoms with E-state index in [2.05, 4.69) is 10.3 Å². The van der Waals surface area contributed by atoms with E-state index in [1.165, 1.54) is 0 Å². The van der Waals surface area contributed by atoms with E-state index in [0.717, 1.165) is 11.3 Å². The average Bonchev–Trinajstić information content (AvgIpc) is 2.81. The van der Waals surface area contributed by atoms with Crippen LogP contribution in [0.25, 0.3) is 11.6 Å². The van der Waals surface area contributed by atoms with Crippen LogP contribution in [-0.4, -0.2) is 23.1 Å². The summed E-state index contributed by atoms with van der Waals surface area (Å²) < 4.78 is 5.19. The molecule has 0 bridgehead atoms. The Bertz CT molecular complexity index is 810. The molecule has 0 spiro atoms. The van der Waals surface area contributed by atoms with Crippen molar-refractivity contribution >= 4 is 23.4 Å². The van der Waals surface area contributed by atoms with Crippen molar-refractivity contribution in [3.8, 4) is 11.5 Å². The molecule has 1 aliphatic heterocycles. The number of hydrogen-bond acceptors (Lipinski definition) is 4. The molecule has 2 heterocycles. The van der Waals surface area contributed by atoms with E-state index in [-0.39, 0.29) is 11.7 Å². The van der Waals surface area contributed by atoms with Gasteiger partial charge >= 0.3 is 0 Å². The number of pyridine rings is 1. The first-order chi connectivity index (χ1) is 10.5. The van der Waals surface area contributed by atoms with Crippen molar-refractivity contribution in [2.75, 3.05) is 12.4 Å². The van der Waals surface area contributed by atoms with Crippen LogP contribution in [0.15, 0.2) is 24.3 Å². The number of hydrogen-bond donors (Lipinski definition) is 2. The number of amides is 1. The summed E-state index contributed by atoms with van der Waals surface area (Å²) in [5, 5.41) is 12.8. The minimum atomic E-state index is -0.224. The minimum absolute atomic E-state index is 0.117. The van der Waals surface area contributed by atoms with E-state index in [1.807, 2.05) is 24.3 Å². The maximum absolute atomic E-state index is 12.2. The first-order valence-electron chi connectivity index (χ1n) is 6.89.